The number of rotatable bonds is 4. The van der Waals surface area contributed by atoms with Gasteiger partial charge >= 0.3 is 0 Å². The highest BCUT2D eigenvalue weighted by Gasteiger charge is 2.15. The summed E-state index contributed by atoms with van der Waals surface area (Å²) in [6.07, 6.45) is 0. The van der Waals surface area contributed by atoms with E-state index in [2.05, 4.69) is 15.9 Å². The van der Waals surface area contributed by atoms with E-state index in [9.17, 15) is 9.18 Å². The van der Waals surface area contributed by atoms with Gasteiger partial charge in [0.05, 0.1) is 5.69 Å². The summed E-state index contributed by atoms with van der Waals surface area (Å²) >= 11 is 3.37. The van der Waals surface area contributed by atoms with Crippen molar-refractivity contribution in [2.75, 3.05) is 11.4 Å². The van der Waals surface area contributed by atoms with E-state index in [1.54, 1.807) is 12.1 Å². The number of ketones is 1. The predicted molar refractivity (Wildman–Crippen MR) is 83.2 cm³/mol. The third-order valence-corrected chi connectivity index (χ3v) is 3.56. The molecule has 0 amide bonds. The van der Waals surface area contributed by atoms with Crippen molar-refractivity contribution < 1.29 is 9.18 Å². The number of Topliss-reactive ketones (excluding diaryl/α,β-unsaturated/α-hetero) is 1. The molecule has 0 aliphatic heterocycles. The van der Waals surface area contributed by atoms with Gasteiger partial charge in [0.1, 0.15) is 5.82 Å². The number of carbonyl (C=O) groups excluding carboxylic acids is 1. The summed E-state index contributed by atoms with van der Waals surface area (Å²) in [5.41, 5.74) is 2.14. The molecular weight excluding hydrogens is 321 g/mol. The van der Waals surface area contributed by atoms with Gasteiger partial charge in [0.2, 0.25) is 0 Å². The molecule has 0 saturated heterocycles. The number of hydrogen-bond donors (Lipinski definition) is 0. The lowest BCUT2D eigenvalue weighted by Crippen LogP contribution is -2.18. The Kier molecular flexibility index (Phi) is 4.55. The van der Waals surface area contributed by atoms with Gasteiger partial charge in [-0.25, -0.2) is 4.39 Å². The lowest BCUT2D eigenvalue weighted by atomic mass is 10.1. The summed E-state index contributed by atoms with van der Waals surface area (Å²) in [6.45, 7) is 4.15. The summed E-state index contributed by atoms with van der Waals surface area (Å²) in [6, 6.07) is 11.9. The Morgan fingerprint density at radius 3 is 2.60 bits per heavy atom. The zero-order valence-corrected chi connectivity index (χ0v) is 12.9. The molecule has 0 bridgehead atoms. The van der Waals surface area contributed by atoms with Crippen LogP contribution in [0.1, 0.15) is 24.2 Å². The minimum absolute atomic E-state index is 0.0175. The van der Waals surface area contributed by atoms with Gasteiger partial charge in [-0.3, -0.25) is 4.79 Å². The van der Waals surface area contributed by atoms with Gasteiger partial charge in [0.25, 0.3) is 0 Å². The Balaban J connectivity index is 2.55. The molecule has 0 aromatic heterocycles. The largest absolute Gasteiger partial charge is 0.341 e. The maximum absolute atomic E-state index is 13.4. The Labute approximate surface area is 126 Å². The maximum Gasteiger partial charge on any atom is 0.161 e. The molecule has 0 fully saturated rings. The zero-order chi connectivity index (χ0) is 14.7. The van der Waals surface area contributed by atoms with Crippen molar-refractivity contribution >= 4 is 33.1 Å². The van der Waals surface area contributed by atoms with Crippen molar-refractivity contribution in [3.63, 3.8) is 0 Å². The molecule has 20 heavy (non-hydrogen) atoms. The third-order valence-electron chi connectivity index (χ3n) is 3.06. The highest BCUT2D eigenvalue weighted by molar-refractivity contribution is 9.10. The van der Waals surface area contributed by atoms with E-state index in [0.29, 0.717) is 12.1 Å². The minimum Gasteiger partial charge on any atom is -0.341 e. The molecule has 2 aromatic rings. The molecule has 0 aliphatic rings. The first kappa shape index (κ1) is 14.7. The van der Waals surface area contributed by atoms with Crippen molar-refractivity contribution in [3.8, 4) is 0 Å². The quantitative estimate of drug-likeness (QED) is 0.737. The number of carbonyl (C=O) groups is 1. The smallest absolute Gasteiger partial charge is 0.161 e. The van der Waals surface area contributed by atoms with Gasteiger partial charge in [-0.2, -0.15) is 0 Å². The van der Waals surface area contributed by atoms with Crippen LogP contribution in [0.3, 0.4) is 0 Å². The fraction of sp³-hybridized carbons (Fsp3) is 0.188. The molecule has 0 unspecified atom stereocenters. The fourth-order valence-electron chi connectivity index (χ4n) is 2.16. The molecule has 0 aliphatic carbocycles. The molecule has 2 aromatic carbocycles. The number of anilines is 2. The Morgan fingerprint density at radius 2 is 2.00 bits per heavy atom. The first-order valence-electron chi connectivity index (χ1n) is 6.36. The van der Waals surface area contributed by atoms with Crippen LogP contribution in [0, 0.1) is 5.82 Å². The zero-order valence-electron chi connectivity index (χ0n) is 11.4. The summed E-state index contributed by atoms with van der Waals surface area (Å²) in [7, 11) is 0. The van der Waals surface area contributed by atoms with Crippen molar-refractivity contribution in [1.29, 1.82) is 0 Å². The van der Waals surface area contributed by atoms with E-state index in [1.807, 2.05) is 30.0 Å². The van der Waals surface area contributed by atoms with Gasteiger partial charge in [-0.05, 0) is 50.2 Å². The van der Waals surface area contributed by atoms with Crippen molar-refractivity contribution in [2.24, 2.45) is 0 Å². The van der Waals surface area contributed by atoms with E-state index in [4.69, 9.17) is 0 Å². The third kappa shape index (κ3) is 3.07. The van der Waals surface area contributed by atoms with Crippen LogP contribution in [-0.2, 0) is 0 Å². The highest BCUT2D eigenvalue weighted by atomic mass is 79.9. The van der Waals surface area contributed by atoms with Crippen LogP contribution in [0.2, 0.25) is 0 Å². The molecule has 0 spiro atoms. The van der Waals surface area contributed by atoms with Crippen molar-refractivity contribution in [2.45, 2.75) is 13.8 Å². The van der Waals surface area contributed by atoms with Crippen LogP contribution in [-0.4, -0.2) is 12.3 Å². The van der Waals surface area contributed by atoms with Crippen LogP contribution < -0.4 is 4.90 Å². The first-order valence-corrected chi connectivity index (χ1v) is 7.16. The molecule has 0 saturated carbocycles. The van der Waals surface area contributed by atoms with Gasteiger partial charge in [-0.15, -0.1) is 0 Å². The lowest BCUT2D eigenvalue weighted by Gasteiger charge is -2.25. The second-order valence-corrected chi connectivity index (χ2v) is 5.36. The topological polar surface area (TPSA) is 20.3 Å². The normalized spacial score (nSPS) is 10.4. The van der Waals surface area contributed by atoms with Gasteiger partial charge < -0.3 is 4.90 Å². The summed E-state index contributed by atoms with van der Waals surface area (Å²) < 4.78 is 14.3. The highest BCUT2D eigenvalue weighted by Crippen LogP contribution is 2.31. The average molecular weight is 336 g/mol. The number of nitrogens with zero attached hydrogens (tertiary/aromatic N) is 1. The molecule has 4 heteroatoms. The standard InChI is InChI=1S/C16H15BrFNO/c1-3-19(14-6-4-5-13(18)10-14)16-8-7-12(17)9-15(16)11(2)20/h4-10H,3H2,1-2H3. The number of benzene rings is 2. The van der Waals surface area contributed by atoms with E-state index in [-0.39, 0.29) is 11.6 Å². The Morgan fingerprint density at radius 1 is 1.25 bits per heavy atom. The maximum atomic E-state index is 13.4. The monoisotopic (exact) mass is 335 g/mol. The Hall–Kier alpha value is -1.68. The molecule has 0 radical (unpaired) electrons. The summed E-state index contributed by atoms with van der Waals surface area (Å²) in [5, 5.41) is 0. The van der Waals surface area contributed by atoms with Crippen LogP contribution in [0.15, 0.2) is 46.9 Å². The van der Waals surface area contributed by atoms with Crippen molar-refractivity contribution in [1.82, 2.24) is 0 Å². The van der Waals surface area contributed by atoms with Crippen LogP contribution in [0.5, 0.6) is 0 Å². The molecule has 104 valence electrons. The fourth-order valence-corrected chi connectivity index (χ4v) is 2.52. The van der Waals surface area contributed by atoms with Crippen LogP contribution in [0.4, 0.5) is 15.8 Å². The summed E-state index contributed by atoms with van der Waals surface area (Å²) in [4.78, 5) is 13.7. The molecule has 0 N–H and O–H groups in total. The van der Waals surface area contributed by atoms with Gasteiger partial charge in [0.15, 0.2) is 5.78 Å². The number of hydrogen-bond acceptors (Lipinski definition) is 2. The van der Waals surface area contributed by atoms with E-state index < -0.39 is 0 Å². The Bertz CT molecular complexity index is 642. The molecule has 2 rings (SSSR count). The van der Waals surface area contributed by atoms with Gasteiger partial charge in [-0.1, -0.05) is 22.0 Å². The van der Waals surface area contributed by atoms with E-state index in [0.717, 1.165) is 15.8 Å². The molecular formula is C16H15BrFNO. The van der Waals surface area contributed by atoms with Crippen molar-refractivity contribution in [3.05, 3.63) is 58.3 Å². The average Bonchev–Trinajstić information content (AvgIpc) is 2.41. The number of halogens is 2. The van der Waals surface area contributed by atoms with Gasteiger partial charge in [0, 0.05) is 22.3 Å². The van der Waals surface area contributed by atoms with E-state index >= 15 is 0 Å². The molecule has 0 atom stereocenters. The second-order valence-electron chi connectivity index (χ2n) is 4.44. The SMILES string of the molecule is CCN(c1cccc(F)c1)c1ccc(Br)cc1C(C)=O. The molecule has 2 nitrogen and oxygen atoms in total. The van der Waals surface area contributed by atoms with Crippen LogP contribution >= 0.6 is 15.9 Å². The lowest BCUT2D eigenvalue weighted by molar-refractivity contribution is 0.101. The van der Waals surface area contributed by atoms with E-state index in [1.165, 1.54) is 19.1 Å². The predicted octanol–water partition coefficient (Wildman–Crippen LogP) is 4.95. The van der Waals surface area contributed by atoms with Crippen LogP contribution in [0.25, 0.3) is 0 Å². The second kappa shape index (κ2) is 6.18. The molecule has 0 heterocycles. The minimum atomic E-state index is -0.289. The first-order chi connectivity index (χ1) is 9.52. The summed E-state index contributed by atoms with van der Waals surface area (Å²) in [5.74, 6) is -0.307.